The first-order chi connectivity index (χ1) is 16.1. The molecule has 0 radical (unpaired) electrons. The molecule has 0 N–H and O–H groups in total. The van der Waals surface area contributed by atoms with Gasteiger partial charge < -0.3 is 4.74 Å². The number of hydrogen-bond donors (Lipinski definition) is 0. The second kappa shape index (κ2) is 14.3. The van der Waals surface area contributed by atoms with Gasteiger partial charge in [0.2, 0.25) is 0 Å². The van der Waals surface area contributed by atoms with Crippen molar-refractivity contribution >= 4 is 16.1 Å². The van der Waals surface area contributed by atoms with Gasteiger partial charge in [0.25, 0.3) is 0 Å². The van der Waals surface area contributed by atoms with Crippen LogP contribution in [0.5, 0.6) is 0 Å². The van der Waals surface area contributed by atoms with E-state index in [0.29, 0.717) is 11.1 Å². The van der Waals surface area contributed by atoms with Crippen LogP contribution in [0, 0.1) is 0 Å². The molecule has 0 spiro atoms. The maximum atomic E-state index is 6.44. The van der Waals surface area contributed by atoms with Crippen molar-refractivity contribution in [3.63, 3.8) is 0 Å². The molecule has 2 aromatic rings. The van der Waals surface area contributed by atoms with Crippen LogP contribution < -0.4 is 0 Å². The summed E-state index contributed by atoms with van der Waals surface area (Å²) >= 11 is 0. The van der Waals surface area contributed by atoms with Gasteiger partial charge in [-0.25, -0.2) is 0 Å². The third-order valence-corrected chi connectivity index (χ3v) is 21.9. The summed E-state index contributed by atoms with van der Waals surface area (Å²) < 4.78 is 6.44. The fourth-order valence-corrected chi connectivity index (χ4v) is 15.7. The first-order valence-corrected chi connectivity index (χ1v) is 19.1. The average Bonchev–Trinajstić information content (AvgIpc) is 2.89. The van der Waals surface area contributed by atoms with Gasteiger partial charge >= 0.3 is 0 Å². The first-order valence-electron chi connectivity index (χ1n) is 13.7. The molecule has 0 fully saturated rings. The lowest BCUT2D eigenvalue weighted by Gasteiger charge is -2.38. The predicted molar refractivity (Wildman–Crippen MR) is 153 cm³/mol. The zero-order valence-electron chi connectivity index (χ0n) is 22.4. The minimum atomic E-state index is -1.34. The summed E-state index contributed by atoms with van der Waals surface area (Å²) in [5.74, 6) is 0. The lowest BCUT2D eigenvalue weighted by atomic mass is 10.1. The predicted octanol–water partition coefficient (Wildman–Crippen LogP) is 9.45. The Morgan fingerprint density at radius 2 is 0.818 bits per heavy atom. The summed E-state index contributed by atoms with van der Waals surface area (Å²) in [7, 11) is -2.69. The molecule has 33 heavy (non-hydrogen) atoms. The van der Waals surface area contributed by atoms with Crippen molar-refractivity contribution in [1.82, 2.24) is 0 Å². The van der Waals surface area contributed by atoms with Crippen LogP contribution in [0.2, 0.25) is 36.3 Å². The highest BCUT2D eigenvalue weighted by atomic mass is 28.3. The van der Waals surface area contributed by atoms with Crippen molar-refractivity contribution < 1.29 is 4.74 Å². The maximum Gasteiger partial charge on any atom is 0.0605 e. The van der Waals surface area contributed by atoms with Crippen molar-refractivity contribution in [2.45, 2.75) is 102 Å². The Morgan fingerprint density at radius 3 is 1.09 bits per heavy atom. The Kier molecular flexibility index (Phi) is 12.2. The zero-order valence-corrected chi connectivity index (χ0v) is 24.4. The van der Waals surface area contributed by atoms with Gasteiger partial charge in [-0.3, -0.25) is 0 Å². The molecule has 3 heteroatoms. The molecule has 2 aromatic carbocycles. The molecule has 2 atom stereocenters. The number of benzene rings is 2. The fraction of sp³-hybridized carbons (Fsp3) is 0.600. The van der Waals surface area contributed by atoms with E-state index in [1.165, 1.54) is 49.1 Å². The highest BCUT2D eigenvalue weighted by Gasteiger charge is 2.38. The topological polar surface area (TPSA) is 9.23 Å². The zero-order chi connectivity index (χ0) is 24.2. The van der Waals surface area contributed by atoms with E-state index in [-0.39, 0.29) is 0 Å². The van der Waals surface area contributed by atoms with Gasteiger partial charge in [0.05, 0.1) is 16.1 Å². The minimum Gasteiger partial charge on any atom is -0.381 e. The largest absolute Gasteiger partial charge is 0.381 e. The third kappa shape index (κ3) is 6.93. The van der Waals surface area contributed by atoms with Crippen LogP contribution in [0.4, 0.5) is 0 Å². The van der Waals surface area contributed by atoms with Crippen LogP contribution >= 0.6 is 0 Å². The molecule has 0 aliphatic heterocycles. The smallest absolute Gasteiger partial charge is 0.0605 e. The van der Waals surface area contributed by atoms with E-state index in [0.717, 1.165) is 13.2 Å². The van der Waals surface area contributed by atoms with Gasteiger partial charge in [0.1, 0.15) is 0 Å². The molecular formula is C30H50OSi2. The molecule has 0 saturated carbocycles. The van der Waals surface area contributed by atoms with Crippen LogP contribution in [0.1, 0.15) is 76.6 Å². The highest BCUT2D eigenvalue weighted by Crippen LogP contribution is 2.40. The Morgan fingerprint density at radius 1 is 0.515 bits per heavy atom. The summed E-state index contributed by atoms with van der Waals surface area (Å²) in [6, 6.07) is 30.9. The molecule has 0 saturated heterocycles. The lowest BCUT2D eigenvalue weighted by molar-refractivity contribution is 0.127. The summed E-state index contributed by atoms with van der Waals surface area (Å²) in [4.78, 5) is 0. The van der Waals surface area contributed by atoms with Crippen molar-refractivity contribution in [2.75, 3.05) is 13.2 Å². The van der Waals surface area contributed by atoms with Gasteiger partial charge in [-0.2, -0.15) is 0 Å². The molecule has 184 valence electrons. The van der Waals surface area contributed by atoms with Gasteiger partial charge in [-0.15, -0.1) is 0 Å². The van der Waals surface area contributed by atoms with E-state index in [2.05, 4.69) is 102 Å². The molecule has 0 aliphatic carbocycles. The summed E-state index contributed by atoms with van der Waals surface area (Å²) in [6.07, 6.45) is 2.36. The van der Waals surface area contributed by atoms with E-state index < -0.39 is 16.1 Å². The molecule has 0 heterocycles. The van der Waals surface area contributed by atoms with Crippen LogP contribution in [0.3, 0.4) is 0 Å². The van der Waals surface area contributed by atoms with Crippen molar-refractivity contribution in [1.29, 1.82) is 0 Å². The molecular weight excluding hydrogens is 433 g/mol. The summed E-state index contributed by atoms with van der Waals surface area (Å²) in [6.45, 7) is 16.4. The Bertz CT molecular complexity index is 671. The average molecular weight is 483 g/mol. The van der Waals surface area contributed by atoms with E-state index in [4.69, 9.17) is 4.74 Å². The molecule has 0 aromatic heterocycles. The van der Waals surface area contributed by atoms with Crippen LogP contribution in [-0.2, 0) is 4.74 Å². The fourth-order valence-electron chi connectivity index (χ4n) is 6.51. The minimum absolute atomic E-state index is 0.707. The van der Waals surface area contributed by atoms with Crippen LogP contribution in [-0.4, -0.2) is 29.4 Å². The van der Waals surface area contributed by atoms with E-state index in [1.807, 2.05) is 0 Å². The van der Waals surface area contributed by atoms with Crippen LogP contribution in [0.25, 0.3) is 0 Å². The highest BCUT2D eigenvalue weighted by molar-refractivity contribution is 6.81. The number of rotatable bonds is 16. The molecule has 0 amide bonds. The SMILES string of the molecule is CC[Si](CC)(CC)C(CCOCCC(c1ccccc1)[Si](CC)(CC)CC)c1ccccc1. The Labute approximate surface area is 207 Å². The molecule has 2 rings (SSSR count). The van der Waals surface area contributed by atoms with E-state index in [1.54, 1.807) is 11.1 Å². The van der Waals surface area contributed by atoms with Gasteiger partial charge in [0.15, 0.2) is 0 Å². The van der Waals surface area contributed by atoms with Gasteiger partial charge in [-0.1, -0.05) is 138 Å². The van der Waals surface area contributed by atoms with E-state index in [9.17, 15) is 0 Å². The quantitative estimate of drug-likeness (QED) is 0.171. The molecule has 0 bridgehead atoms. The lowest BCUT2D eigenvalue weighted by Crippen LogP contribution is -2.41. The number of ether oxygens (including phenoxy) is 1. The van der Waals surface area contributed by atoms with Crippen molar-refractivity contribution in [3.05, 3.63) is 71.8 Å². The standard InChI is InChI=1S/C30H50OSi2/c1-7-32(8-2,9-3)29(27-19-15-13-16-20-27)23-25-31-26-24-30(28-21-17-14-18-22-28)33(10-4,11-5)12-6/h13-22,29-30H,7-12,23-26H2,1-6H3. The molecule has 1 nitrogen and oxygen atoms in total. The first kappa shape index (κ1) is 28.1. The van der Waals surface area contributed by atoms with Crippen molar-refractivity contribution in [3.8, 4) is 0 Å². The van der Waals surface area contributed by atoms with Crippen molar-refractivity contribution in [2.24, 2.45) is 0 Å². The number of hydrogen-bond acceptors (Lipinski definition) is 1. The summed E-state index contributed by atoms with van der Waals surface area (Å²) in [5, 5.41) is 0. The third-order valence-electron chi connectivity index (χ3n) is 9.21. The molecule has 0 aliphatic rings. The van der Waals surface area contributed by atoms with Crippen LogP contribution in [0.15, 0.2) is 60.7 Å². The Hall–Kier alpha value is -1.17. The van der Waals surface area contributed by atoms with Gasteiger partial charge in [-0.05, 0) is 35.1 Å². The second-order valence-corrected chi connectivity index (χ2v) is 21.0. The normalized spacial score (nSPS) is 14.2. The van der Waals surface area contributed by atoms with E-state index >= 15 is 0 Å². The second-order valence-electron chi connectivity index (χ2n) is 9.96. The maximum absolute atomic E-state index is 6.44. The molecule has 2 unspecified atom stereocenters. The summed E-state index contributed by atoms with van der Waals surface area (Å²) in [5.41, 5.74) is 4.52. The Balaban J connectivity index is 2.08. The van der Waals surface area contributed by atoms with Gasteiger partial charge in [0, 0.05) is 13.2 Å². The monoisotopic (exact) mass is 482 g/mol.